The molecule has 3 heterocycles. The van der Waals surface area contributed by atoms with E-state index in [1.165, 1.54) is 6.42 Å². The van der Waals surface area contributed by atoms with Gasteiger partial charge in [-0.1, -0.05) is 13.0 Å². The molecule has 1 atom stereocenters. The largest absolute Gasteiger partial charge is 0.335 e. The van der Waals surface area contributed by atoms with Crippen molar-refractivity contribution < 1.29 is 4.79 Å². The van der Waals surface area contributed by atoms with Gasteiger partial charge < -0.3 is 10.2 Å². The Morgan fingerprint density at radius 2 is 2.28 bits per heavy atom. The molecule has 0 saturated carbocycles. The molecule has 0 unspecified atom stereocenters. The molecular formula is C19H27N5O. The molecule has 0 aliphatic carbocycles. The van der Waals surface area contributed by atoms with Crippen molar-refractivity contribution >= 4 is 5.91 Å². The standard InChI is InChI=1S/C19H27N5O/c1-2-12-23(14-17-7-3-4-10-21-17)19(25)15-24-18(8-11-22-24)16-6-5-9-20-13-16/h3-4,7-8,10-11,16,20H,2,5-6,9,12-15H2,1H3/t16-/m0/s1. The summed E-state index contributed by atoms with van der Waals surface area (Å²) in [7, 11) is 0. The molecule has 1 fully saturated rings. The highest BCUT2D eigenvalue weighted by molar-refractivity contribution is 5.76. The van der Waals surface area contributed by atoms with Crippen molar-refractivity contribution in [1.29, 1.82) is 0 Å². The van der Waals surface area contributed by atoms with Crippen molar-refractivity contribution in [3.05, 3.63) is 48.0 Å². The summed E-state index contributed by atoms with van der Waals surface area (Å²) in [5, 5.41) is 7.84. The van der Waals surface area contributed by atoms with Gasteiger partial charge in [-0.25, -0.2) is 0 Å². The number of carbonyl (C=O) groups is 1. The lowest BCUT2D eigenvalue weighted by Gasteiger charge is -2.25. The van der Waals surface area contributed by atoms with Crippen LogP contribution in [0.25, 0.3) is 0 Å². The lowest BCUT2D eigenvalue weighted by molar-refractivity contribution is -0.132. The maximum Gasteiger partial charge on any atom is 0.244 e. The molecule has 25 heavy (non-hydrogen) atoms. The molecule has 1 N–H and O–H groups in total. The van der Waals surface area contributed by atoms with Crippen molar-refractivity contribution in [3.63, 3.8) is 0 Å². The summed E-state index contributed by atoms with van der Waals surface area (Å²) in [4.78, 5) is 19.1. The van der Waals surface area contributed by atoms with Crippen LogP contribution in [-0.4, -0.2) is 45.2 Å². The number of amides is 1. The second kappa shape index (κ2) is 8.76. The van der Waals surface area contributed by atoms with E-state index in [0.717, 1.165) is 43.9 Å². The van der Waals surface area contributed by atoms with Crippen molar-refractivity contribution in [2.45, 2.75) is 45.2 Å². The first-order chi connectivity index (χ1) is 12.3. The highest BCUT2D eigenvalue weighted by Crippen LogP contribution is 2.22. The van der Waals surface area contributed by atoms with Crippen LogP contribution in [0, 0.1) is 0 Å². The Morgan fingerprint density at radius 3 is 3.00 bits per heavy atom. The predicted molar refractivity (Wildman–Crippen MR) is 97.0 cm³/mol. The normalized spacial score (nSPS) is 17.4. The number of carbonyl (C=O) groups excluding carboxylic acids is 1. The van der Waals surface area contributed by atoms with E-state index in [0.29, 0.717) is 19.0 Å². The third-order valence-corrected chi connectivity index (χ3v) is 4.67. The van der Waals surface area contributed by atoms with Gasteiger partial charge in [-0.05, 0) is 44.0 Å². The second-order valence-electron chi connectivity index (χ2n) is 6.59. The molecule has 1 aliphatic heterocycles. The first-order valence-electron chi connectivity index (χ1n) is 9.18. The van der Waals surface area contributed by atoms with Gasteiger partial charge in [-0.3, -0.25) is 14.5 Å². The molecule has 2 aromatic rings. The molecule has 6 heteroatoms. The fourth-order valence-electron chi connectivity index (χ4n) is 3.40. The van der Waals surface area contributed by atoms with Crippen LogP contribution in [0.5, 0.6) is 0 Å². The number of aromatic nitrogens is 3. The molecule has 0 aromatic carbocycles. The van der Waals surface area contributed by atoms with Gasteiger partial charge in [0.25, 0.3) is 0 Å². The van der Waals surface area contributed by atoms with Crippen LogP contribution >= 0.6 is 0 Å². The molecular weight excluding hydrogens is 314 g/mol. The Kier molecular flexibility index (Phi) is 6.17. The van der Waals surface area contributed by atoms with Gasteiger partial charge in [-0.2, -0.15) is 5.10 Å². The third kappa shape index (κ3) is 4.66. The summed E-state index contributed by atoms with van der Waals surface area (Å²) in [5.74, 6) is 0.542. The maximum atomic E-state index is 12.9. The average molecular weight is 341 g/mol. The van der Waals surface area contributed by atoms with E-state index < -0.39 is 0 Å². The zero-order chi connectivity index (χ0) is 17.5. The molecule has 134 valence electrons. The number of nitrogens with one attached hydrogen (secondary N) is 1. The number of piperidine rings is 1. The summed E-state index contributed by atoms with van der Waals surface area (Å²) in [5.41, 5.74) is 2.08. The second-order valence-corrected chi connectivity index (χ2v) is 6.59. The van der Waals surface area contributed by atoms with E-state index in [9.17, 15) is 4.79 Å². The molecule has 1 amide bonds. The van der Waals surface area contributed by atoms with Crippen LogP contribution in [0.1, 0.15) is 43.5 Å². The van der Waals surface area contributed by atoms with E-state index in [4.69, 9.17) is 0 Å². The van der Waals surface area contributed by atoms with Gasteiger partial charge in [0, 0.05) is 37.1 Å². The van der Waals surface area contributed by atoms with Crippen LogP contribution in [-0.2, 0) is 17.9 Å². The molecule has 1 aliphatic rings. The van der Waals surface area contributed by atoms with E-state index in [1.807, 2.05) is 33.8 Å². The zero-order valence-corrected chi connectivity index (χ0v) is 14.9. The monoisotopic (exact) mass is 341 g/mol. The number of pyridine rings is 1. The van der Waals surface area contributed by atoms with Gasteiger partial charge >= 0.3 is 0 Å². The van der Waals surface area contributed by atoms with Crippen LogP contribution in [0.2, 0.25) is 0 Å². The van der Waals surface area contributed by atoms with Gasteiger partial charge in [0.1, 0.15) is 6.54 Å². The minimum atomic E-state index is 0.0984. The fourth-order valence-corrected chi connectivity index (χ4v) is 3.40. The molecule has 0 spiro atoms. The van der Waals surface area contributed by atoms with Crippen molar-refractivity contribution in [1.82, 2.24) is 25.0 Å². The number of nitrogens with zero attached hydrogens (tertiary/aromatic N) is 4. The molecule has 6 nitrogen and oxygen atoms in total. The van der Waals surface area contributed by atoms with Crippen LogP contribution in [0.3, 0.4) is 0 Å². The number of hydrogen-bond donors (Lipinski definition) is 1. The average Bonchev–Trinajstić information content (AvgIpc) is 3.11. The Bertz CT molecular complexity index is 663. The fraction of sp³-hybridized carbons (Fsp3) is 0.526. The van der Waals surface area contributed by atoms with Crippen molar-refractivity contribution in [2.24, 2.45) is 0 Å². The van der Waals surface area contributed by atoms with Crippen molar-refractivity contribution in [3.8, 4) is 0 Å². The maximum absolute atomic E-state index is 12.9. The third-order valence-electron chi connectivity index (χ3n) is 4.67. The van der Waals surface area contributed by atoms with Crippen molar-refractivity contribution in [2.75, 3.05) is 19.6 Å². The van der Waals surface area contributed by atoms with Gasteiger partial charge in [0.2, 0.25) is 5.91 Å². The van der Waals surface area contributed by atoms with E-state index in [1.54, 1.807) is 12.4 Å². The van der Waals surface area contributed by atoms with Crippen LogP contribution in [0.4, 0.5) is 0 Å². The Labute approximate surface area is 149 Å². The van der Waals surface area contributed by atoms with Gasteiger partial charge in [-0.15, -0.1) is 0 Å². The minimum Gasteiger partial charge on any atom is -0.335 e. The van der Waals surface area contributed by atoms with Gasteiger partial charge in [0.05, 0.1) is 12.2 Å². The quantitative estimate of drug-likeness (QED) is 0.838. The summed E-state index contributed by atoms with van der Waals surface area (Å²) >= 11 is 0. The lowest BCUT2D eigenvalue weighted by atomic mass is 9.96. The molecule has 2 aromatic heterocycles. The molecule has 0 bridgehead atoms. The summed E-state index contributed by atoms with van der Waals surface area (Å²) in [6.07, 6.45) is 6.83. The highest BCUT2D eigenvalue weighted by atomic mass is 16.2. The molecule has 3 rings (SSSR count). The summed E-state index contributed by atoms with van der Waals surface area (Å²) < 4.78 is 1.88. The Morgan fingerprint density at radius 1 is 1.36 bits per heavy atom. The topological polar surface area (TPSA) is 63.1 Å². The highest BCUT2D eigenvalue weighted by Gasteiger charge is 2.21. The molecule has 0 radical (unpaired) electrons. The predicted octanol–water partition coefficient (Wildman–Crippen LogP) is 2.18. The minimum absolute atomic E-state index is 0.0984. The van der Waals surface area contributed by atoms with Gasteiger partial charge in [0.15, 0.2) is 0 Å². The zero-order valence-electron chi connectivity index (χ0n) is 14.9. The first-order valence-corrected chi connectivity index (χ1v) is 9.18. The first kappa shape index (κ1) is 17.6. The number of hydrogen-bond acceptors (Lipinski definition) is 4. The van der Waals surface area contributed by atoms with Crippen LogP contribution < -0.4 is 5.32 Å². The van der Waals surface area contributed by atoms with E-state index >= 15 is 0 Å². The summed E-state index contributed by atoms with van der Waals surface area (Å²) in [6.45, 7) is 5.72. The van der Waals surface area contributed by atoms with E-state index in [-0.39, 0.29) is 5.91 Å². The smallest absolute Gasteiger partial charge is 0.244 e. The Hall–Kier alpha value is -2.21. The SMILES string of the molecule is CCCN(Cc1ccccn1)C(=O)Cn1nccc1[C@H]1CCCNC1. The molecule has 1 saturated heterocycles. The lowest BCUT2D eigenvalue weighted by Crippen LogP contribution is -2.36. The van der Waals surface area contributed by atoms with E-state index in [2.05, 4.69) is 22.3 Å². The van der Waals surface area contributed by atoms with Crippen LogP contribution in [0.15, 0.2) is 36.7 Å². The number of rotatable bonds is 7. The Balaban J connectivity index is 1.68. The summed E-state index contributed by atoms with van der Waals surface area (Å²) in [6, 6.07) is 7.86.